The minimum atomic E-state index is -1.08. The maximum Gasteiger partial charge on any atom is 0.331 e. The van der Waals surface area contributed by atoms with E-state index in [0.717, 1.165) is 24.5 Å². The second kappa shape index (κ2) is 9.84. The quantitative estimate of drug-likeness (QED) is 0.228. The first kappa shape index (κ1) is 19.9. The minimum absolute atomic E-state index is 0.0564. The Hall–Kier alpha value is -2.19. The maximum absolute atomic E-state index is 12.4. The van der Waals surface area contributed by atoms with Crippen LogP contribution >= 0.6 is 0 Å². The van der Waals surface area contributed by atoms with Gasteiger partial charge < -0.3 is 10.3 Å². The molecule has 8 heteroatoms. The maximum atomic E-state index is 12.4. The van der Waals surface area contributed by atoms with Crippen LogP contribution in [0.3, 0.4) is 0 Å². The van der Waals surface area contributed by atoms with E-state index in [1.54, 1.807) is 13.0 Å². The van der Waals surface area contributed by atoms with Crippen molar-refractivity contribution in [3.05, 3.63) is 24.4 Å². The molecule has 134 valence electrons. The highest BCUT2D eigenvalue weighted by molar-refractivity contribution is 6.17. The molecular weight excluding hydrogens is 310 g/mol. The smallest absolute Gasteiger partial charge is 0.325 e. The van der Waals surface area contributed by atoms with Gasteiger partial charge in [0.2, 0.25) is 11.8 Å². The van der Waals surface area contributed by atoms with Crippen molar-refractivity contribution in [3.63, 3.8) is 0 Å². The molecule has 0 bridgehead atoms. The number of hydrogen-bond donors (Lipinski definition) is 3. The van der Waals surface area contributed by atoms with Crippen LogP contribution in [0.4, 0.5) is 4.79 Å². The summed E-state index contributed by atoms with van der Waals surface area (Å²) in [4.78, 5) is 39.5. The van der Waals surface area contributed by atoms with E-state index in [0.29, 0.717) is 12.2 Å². The van der Waals surface area contributed by atoms with E-state index in [9.17, 15) is 14.4 Å². The van der Waals surface area contributed by atoms with Crippen molar-refractivity contribution in [1.82, 2.24) is 26.0 Å². The SMILES string of the molecule is C=CCN1C(=O)NC(=O)[C@@H](/C(=C\C)NNCCN(CC)CC)C1=O. The van der Waals surface area contributed by atoms with Crippen LogP contribution in [0.1, 0.15) is 20.8 Å². The number of urea groups is 1. The molecule has 3 N–H and O–H groups in total. The standard InChI is InChI=1S/C16H27N5O3/c1-5-10-21-15(23)13(14(22)18-16(21)24)12(6-2)19-17-9-11-20(7-3)8-4/h5-6,13,17,19H,1,7-11H2,2-4H3,(H,18,22,24)/b12-6+/t13-/m1/s1. The number of imide groups is 2. The number of likely N-dealkylation sites (N-methyl/N-ethyl adjacent to an activating group) is 1. The first-order chi connectivity index (χ1) is 11.5. The molecule has 1 saturated heterocycles. The molecule has 1 atom stereocenters. The summed E-state index contributed by atoms with van der Waals surface area (Å²) in [5.41, 5.74) is 6.35. The van der Waals surface area contributed by atoms with Crippen LogP contribution in [0.2, 0.25) is 0 Å². The van der Waals surface area contributed by atoms with Gasteiger partial charge in [-0.1, -0.05) is 26.0 Å². The monoisotopic (exact) mass is 337 g/mol. The predicted molar refractivity (Wildman–Crippen MR) is 91.6 cm³/mol. The van der Waals surface area contributed by atoms with Crippen molar-refractivity contribution in [2.45, 2.75) is 20.8 Å². The van der Waals surface area contributed by atoms with Crippen LogP contribution in [-0.4, -0.2) is 60.4 Å². The molecule has 0 aromatic heterocycles. The number of allylic oxidation sites excluding steroid dienone is 1. The van der Waals surface area contributed by atoms with Crippen molar-refractivity contribution in [2.24, 2.45) is 5.92 Å². The lowest BCUT2D eigenvalue weighted by Gasteiger charge is -2.31. The zero-order valence-corrected chi connectivity index (χ0v) is 14.6. The lowest BCUT2D eigenvalue weighted by molar-refractivity contribution is -0.140. The van der Waals surface area contributed by atoms with Crippen LogP contribution in [0.5, 0.6) is 0 Å². The number of rotatable bonds is 10. The van der Waals surface area contributed by atoms with E-state index in [-0.39, 0.29) is 6.54 Å². The summed E-state index contributed by atoms with van der Waals surface area (Å²) in [6, 6.07) is -0.717. The van der Waals surface area contributed by atoms with Crippen LogP contribution in [0.25, 0.3) is 0 Å². The molecular formula is C16H27N5O3. The fourth-order valence-electron chi connectivity index (χ4n) is 2.42. The molecule has 1 heterocycles. The van der Waals surface area contributed by atoms with E-state index in [2.05, 4.69) is 41.5 Å². The average molecular weight is 337 g/mol. The number of amides is 4. The molecule has 4 amide bonds. The number of carbonyl (C=O) groups excluding carboxylic acids is 3. The van der Waals surface area contributed by atoms with E-state index >= 15 is 0 Å². The molecule has 1 aliphatic rings. The molecule has 0 unspecified atom stereocenters. The largest absolute Gasteiger partial charge is 0.331 e. The molecule has 0 spiro atoms. The Balaban J connectivity index is 2.69. The van der Waals surface area contributed by atoms with Crippen molar-refractivity contribution in [3.8, 4) is 0 Å². The van der Waals surface area contributed by atoms with Gasteiger partial charge in [0.05, 0.1) is 0 Å². The van der Waals surface area contributed by atoms with Crippen molar-refractivity contribution < 1.29 is 14.4 Å². The number of hydrazine groups is 1. The fourth-order valence-corrected chi connectivity index (χ4v) is 2.42. The van der Waals surface area contributed by atoms with Gasteiger partial charge in [0.15, 0.2) is 5.92 Å². The molecule has 0 aromatic rings. The van der Waals surface area contributed by atoms with Crippen LogP contribution < -0.4 is 16.2 Å². The van der Waals surface area contributed by atoms with Crippen LogP contribution in [-0.2, 0) is 9.59 Å². The number of barbiturate groups is 1. The molecule has 24 heavy (non-hydrogen) atoms. The zero-order chi connectivity index (χ0) is 18.1. The van der Waals surface area contributed by atoms with Gasteiger partial charge in [-0.3, -0.25) is 19.8 Å². The predicted octanol–water partition coefficient (Wildman–Crippen LogP) is 0.207. The van der Waals surface area contributed by atoms with E-state index in [1.807, 2.05) is 0 Å². The summed E-state index contributed by atoms with van der Waals surface area (Å²) in [6.45, 7) is 12.9. The third-order valence-corrected chi connectivity index (χ3v) is 3.86. The van der Waals surface area contributed by atoms with Gasteiger partial charge in [-0.25, -0.2) is 10.2 Å². The van der Waals surface area contributed by atoms with E-state index in [1.165, 1.54) is 6.08 Å². The van der Waals surface area contributed by atoms with Crippen LogP contribution in [0, 0.1) is 5.92 Å². The lowest BCUT2D eigenvalue weighted by atomic mass is 10.0. The number of nitrogens with zero attached hydrogens (tertiary/aromatic N) is 2. The minimum Gasteiger partial charge on any atom is -0.325 e. The first-order valence-corrected chi connectivity index (χ1v) is 8.14. The van der Waals surface area contributed by atoms with E-state index < -0.39 is 23.8 Å². The Morgan fingerprint density at radius 2 is 2.00 bits per heavy atom. The number of hydrogen-bond acceptors (Lipinski definition) is 6. The Bertz CT molecular complexity index is 514. The van der Waals surface area contributed by atoms with Crippen molar-refractivity contribution in [1.29, 1.82) is 0 Å². The van der Waals surface area contributed by atoms with Gasteiger partial charge in [0.1, 0.15) is 0 Å². The van der Waals surface area contributed by atoms with E-state index in [4.69, 9.17) is 0 Å². The highest BCUT2D eigenvalue weighted by Gasteiger charge is 2.41. The second-order valence-corrected chi connectivity index (χ2v) is 5.29. The number of nitrogens with one attached hydrogen (secondary N) is 3. The normalized spacial score (nSPS) is 18.8. The van der Waals surface area contributed by atoms with Gasteiger partial charge in [-0.05, 0) is 20.0 Å². The lowest BCUT2D eigenvalue weighted by Crippen LogP contribution is -2.59. The number of carbonyl (C=O) groups is 3. The van der Waals surface area contributed by atoms with Gasteiger partial charge >= 0.3 is 6.03 Å². The molecule has 0 aromatic carbocycles. The Kier molecular flexibility index (Phi) is 8.14. The fraction of sp³-hybridized carbons (Fsp3) is 0.562. The van der Waals surface area contributed by atoms with Gasteiger partial charge in [-0.2, -0.15) is 0 Å². The second-order valence-electron chi connectivity index (χ2n) is 5.29. The van der Waals surface area contributed by atoms with Gasteiger partial charge in [0.25, 0.3) is 0 Å². The first-order valence-electron chi connectivity index (χ1n) is 8.14. The Labute approximate surface area is 142 Å². The molecule has 0 aliphatic carbocycles. The Morgan fingerprint density at radius 3 is 2.54 bits per heavy atom. The molecule has 1 fully saturated rings. The summed E-state index contributed by atoms with van der Waals surface area (Å²) in [6.07, 6.45) is 3.09. The molecule has 0 saturated carbocycles. The summed E-state index contributed by atoms with van der Waals surface area (Å²) in [5, 5.41) is 2.20. The Morgan fingerprint density at radius 1 is 1.33 bits per heavy atom. The molecule has 0 radical (unpaired) electrons. The molecule has 1 rings (SSSR count). The highest BCUT2D eigenvalue weighted by atomic mass is 16.2. The average Bonchev–Trinajstić information content (AvgIpc) is 2.56. The summed E-state index contributed by atoms with van der Waals surface area (Å²) in [5.74, 6) is -2.26. The summed E-state index contributed by atoms with van der Waals surface area (Å²) >= 11 is 0. The van der Waals surface area contributed by atoms with Crippen LogP contribution in [0.15, 0.2) is 24.4 Å². The third kappa shape index (κ3) is 4.90. The zero-order valence-electron chi connectivity index (χ0n) is 14.6. The highest BCUT2D eigenvalue weighted by Crippen LogP contribution is 2.17. The topological polar surface area (TPSA) is 93.8 Å². The van der Waals surface area contributed by atoms with Gasteiger partial charge in [0, 0.05) is 25.3 Å². The molecule has 1 aliphatic heterocycles. The van der Waals surface area contributed by atoms with Gasteiger partial charge in [-0.15, -0.1) is 6.58 Å². The van der Waals surface area contributed by atoms with Crippen molar-refractivity contribution in [2.75, 3.05) is 32.7 Å². The molecule has 8 nitrogen and oxygen atoms in total. The summed E-state index contributed by atoms with van der Waals surface area (Å²) in [7, 11) is 0. The third-order valence-electron chi connectivity index (χ3n) is 3.86. The van der Waals surface area contributed by atoms with Crippen molar-refractivity contribution >= 4 is 17.8 Å². The summed E-state index contributed by atoms with van der Waals surface area (Å²) < 4.78 is 0.